The number of nitrogens with zero attached hydrogens (tertiary/aromatic N) is 2. The van der Waals surface area contributed by atoms with Crippen LogP contribution in [0.3, 0.4) is 0 Å². The van der Waals surface area contributed by atoms with Crippen LogP contribution in [-0.2, 0) is 11.3 Å². The summed E-state index contributed by atoms with van der Waals surface area (Å²) < 4.78 is 5.65. The summed E-state index contributed by atoms with van der Waals surface area (Å²) in [5.74, 6) is 0.309. The Balaban J connectivity index is 1.86. The molecule has 0 aliphatic rings. The number of hydrogen-bond donors (Lipinski definition) is 3. The summed E-state index contributed by atoms with van der Waals surface area (Å²) in [4.78, 5) is 16.2. The monoisotopic (exact) mass is 402 g/mol. The highest BCUT2D eigenvalue weighted by atomic mass is 16.5. The van der Waals surface area contributed by atoms with Gasteiger partial charge >= 0.3 is 5.97 Å². The van der Waals surface area contributed by atoms with Gasteiger partial charge in [0.05, 0.1) is 18.2 Å². The Bertz CT molecular complexity index is 1030. The first kappa shape index (κ1) is 20.7. The summed E-state index contributed by atoms with van der Waals surface area (Å²) in [5.41, 5.74) is 2.55. The highest BCUT2D eigenvalue weighted by molar-refractivity contribution is 5.79. The summed E-state index contributed by atoms with van der Waals surface area (Å²) in [7, 11) is 0. The van der Waals surface area contributed by atoms with Crippen molar-refractivity contribution in [3.8, 4) is 11.8 Å². The molecule has 0 fully saturated rings. The molecule has 1 unspecified atom stereocenters. The predicted molar refractivity (Wildman–Crippen MR) is 114 cm³/mol. The van der Waals surface area contributed by atoms with Gasteiger partial charge in [-0.25, -0.2) is 9.78 Å². The van der Waals surface area contributed by atoms with E-state index in [9.17, 15) is 9.90 Å². The van der Waals surface area contributed by atoms with E-state index >= 15 is 0 Å². The molecule has 1 atom stereocenters. The second-order valence-corrected chi connectivity index (χ2v) is 6.52. The molecule has 0 saturated heterocycles. The predicted octanol–water partition coefficient (Wildman–Crippen LogP) is 4.20. The average Bonchev–Trinajstić information content (AvgIpc) is 2.77. The summed E-state index contributed by atoms with van der Waals surface area (Å²) in [6, 6.07) is 18.7. The van der Waals surface area contributed by atoms with Crippen molar-refractivity contribution in [3.05, 3.63) is 83.6 Å². The van der Waals surface area contributed by atoms with Crippen molar-refractivity contribution in [1.82, 2.24) is 4.98 Å². The number of nitrogens with one attached hydrogen (secondary N) is 2. The second kappa shape index (κ2) is 9.94. The minimum Gasteiger partial charge on any atom is -0.494 e. The number of hydrogen-bond acceptors (Lipinski definition) is 6. The van der Waals surface area contributed by atoms with E-state index in [1.54, 1.807) is 36.5 Å². The molecule has 1 aromatic heterocycles. The van der Waals surface area contributed by atoms with E-state index in [1.807, 2.05) is 43.3 Å². The number of nitriles is 1. The van der Waals surface area contributed by atoms with Crippen LogP contribution in [0.25, 0.3) is 0 Å². The Morgan fingerprint density at radius 1 is 1.20 bits per heavy atom. The lowest BCUT2D eigenvalue weighted by Gasteiger charge is -2.19. The molecule has 0 aliphatic heterocycles. The summed E-state index contributed by atoms with van der Waals surface area (Å²) in [6.07, 6.45) is 1.70. The van der Waals surface area contributed by atoms with Crippen LogP contribution in [0.1, 0.15) is 29.7 Å². The fraction of sp³-hybridized carbons (Fsp3) is 0.174. The molecule has 3 N–H and O–H groups in total. The summed E-state index contributed by atoms with van der Waals surface area (Å²) in [6.45, 7) is 2.81. The number of carbonyl (C=O) groups is 1. The van der Waals surface area contributed by atoms with Gasteiger partial charge in [0.2, 0.25) is 0 Å². The molecule has 30 heavy (non-hydrogen) atoms. The highest BCUT2D eigenvalue weighted by Crippen LogP contribution is 2.26. The van der Waals surface area contributed by atoms with Crippen molar-refractivity contribution in [1.29, 1.82) is 5.26 Å². The van der Waals surface area contributed by atoms with Crippen molar-refractivity contribution in [3.63, 3.8) is 0 Å². The molecule has 0 bridgehead atoms. The Morgan fingerprint density at radius 2 is 2.00 bits per heavy atom. The SMILES string of the molecule is CCOc1cc(CNc2ccccn2)cc(C(Nc2ccc(C#N)cc2)C(=O)O)c1. The lowest BCUT2D eigenvalue weighted by molar-refractivity contribution is -0.138. The zero-order valence-electron chi connectivity index (χ0n) is 16.5. The van der Waals surface area contributed by atoms with Crippen LogP contribution in [0.15, 0.2) is 66.9 Å². The standard InChI is InChI=1S/C23H22N4O3/c1-2-30-20-12-17(15-26-21-5-3-4-10-25-21)11-18(13-20)22(23(28)29)27-19-8-6-16(14-24)7-9-19/h3-13,22,27H,2,15H2,1H3,(H,25,26)(H,28,29). The number of aromatic nitrogens is 1. The summed E-state index contributed by atoms with van der Waals surface area (Å²) in [5, 5.41) is 25.0. The maximum atomic E-state index is 12.0. The normalized spacial score (nSPS) is 11.2. The van der Waals surface area contributed by atoms with Gasteiger partial charge in [-0.3, -0.25) is 0 Å². The first-order chi connectivity index (χ1) is 14.6. The Kier molecular flexibility index (Phi) is 6.85. The number of ether oxygens (including phenoxy) is 1. The third-order valence-corrected chi connectivity index (χ3v) is 4.34. The van der Waals surface area contributed by atoms with Crippen LogP contribution < -0.4 is 15.4 Å². The quantitative estimate of drug-likeness (QED) is 0.492. The topological polar surface area (TPSA) is 107 Å². The first-order valence-corrected chi connectivity index (χ1v) is 9.50. The van der Waals surface area contributed by atoms with Crippen LogP contribution in [0, 0.1) is 11.3 Å². The van der Waals surface area contributed by atoms with Gasteiger partial charge in [0, 0.05) is 18.4 Å². The van der Waals surface area contributed by atoms with Crippen molar-refractivity contribution in [2.45, 2.75) is 19.5 Å². The zero-order valence-corrected chi connectivity index (χ0v) is 16.5. The van der Waals surface area contributed by atoms with E-state index in [4.69, 9.17) is 10.00 Å². The largest absolute Gasteiger partial charge is 0.494 e. The smallest absolute Gasteiger partial charge is 0.330 e. The van der Waals surface area contributed by atoms with Crippen molar-refractivity contribution < 1.29 is 14.6 Å². The average molecular weight is 402 g/mol. The second-order valence-electron chi connectivity index (χ2n) is 6.52. The molecule has 152 valence electrons. The van der Waals surface area contributed by atoms with Crippen LogP contribution >= 0.6 is 0 Å². The Hall–Kier alpha value is -4.05. The number of benzene rings is 2. The molecule has 7 nitrogen and oxygen atoms in total. The van der Waals surface area contributed by atoms with Gasteiger partial charge in [-0.2, -0.15) is 5.26 Å². The molecule has 0 radical (unpaired) electrons. The molecular weight excluding hydrogens is 380 g/mol. The van der Waals surface area contributed by atoms with E-state index < -0.39 is 12.0 Å². The Morgan fingerprint density at radius 3 is 2.63 bits per heavy atom. The van der Waals surface area contributed by atoms with Crippen molar-refractivity contribution >= 4 is 17.5 Å². The number of carboxylic acid groups (broad SMARTS) is 1. The minimum absolute atomic E-state index is 0.466. The fourth-order valence-corrected chi connectivity index (χ4v) is 2.96. The van der Waals surface area contributed by atoms with Crippen LogP contribution in [-0.4, -0.2) is 22.7 Å². The molecule has 3 aromatic rings. The van der Waals surface area contributed by atoms with Crippen molar-refractivity contribution in [2.24, 2.45) is 0 Å². The van der Waals surface area contributed by atoms with Gasteiger partial charge in [-0.1, -0.05) is 12.1 Å². The number of anilines is 2. The lowest BCUT2D eigenvalue weighted by atomic mass is 10.0. The number of carboxylic acids is 1. The maximum absolute atomic E-state index is 12.0. The summed E-state index contributed by atoms with van der Waals surface area (Å²) >= 11 is 0. The molecule has 2 aromatic carbocycles. The molecule has 7 heteroatoms. The number of rotatable bonds is 9. The van der Waals surface area contributed by atoms with E-state index in [2.05, 4.69) is 15.6 Å². The molecule has 3 rings (SSSR count). The van der Waals surface area contributed by atoms with Gasteiger partial charge in [0.1, 0.15) is 11.6 Å². The van der Waals surface area contributed by atoms with Gasteiger partial charge < -0.3 is 20.5 Å². The van der Waals surface area contributed by atoms with Gasteiger partial charge in [0.15, 0.2) is 6.04 Å². The molecular formula is C23H22N4O3. The lowest BCUT2D eigenvalue weighted by Crippen LogP contribution is -2.21. The molecule has 0 amide bonds. The van der Waals surface area contributed by atoms with Crippen LogP contribution in [0.4, 0.5) is 11.5 Å². The van der Waals surface area contributed by atoms with Gasteiger partial charge in [-0.05, 0) is 66.6 Å². The molecule has 0 aliphatic carbocycles. The Labute approximate surface area is 175 Å². The number of pyridine rings is 1. The van der Waals surface area contributed by atoms with E-state index in [-0.39, 0.29) is 0 Å². The van der Waals surface area contributed by atoms with Crippen LogP contribution in [0.5, 0.6) is 5.75 Å². The van der Waals surface area contributed by atoms with Crippen LogP contribution in [0.2, 0.25) is 0 Å². The molecule has 0 saturated carbocycles. The van der Waals surface area contributed by atoms with Crippen molar-refractivity contribution in [2.75, 3.05) is 17.2 Å². The third kappa shape index (κ3) is 5.49. The molecule has 0 spiro atoms. The van der Waals surface area contributed by atoms with E-state index in [0.717, 1.165) is 11.4 Å². The van der Waals surface area contributed by atoms with E-state index in [0.29, 0.717) is 35.7 Å². The minimum atomic E-state index is -1.02. The maximum Gasteiger partial charge on any atom is 0.330 e. The zero-order chi connectivity index (χ0) is 21.3. The third-order valence-electron chi connectivity index (χ3n) is 4.34. The fourth-order valence-electron chi connectivity index (χ4n) is 2.96. The van der Waals surface area contributed by atoms with E-state index in [1.165, 1.54) is 0 Å². The highest BCUT2D eigenvalue weighted by Gasteiger charge is 2.21. The van der Waals surface area contributed by atoms with Gasteiger partial charge in [-0.15, -0.1) is 0 Å². The number of aliphatic carboxylic acids is 1. The molecule has 1 heterocycles. The van der Waals surface area contributed by atoms with Gasteiger partial charge in [0.25, 0.3) is 0 Å². The first-order valence-electron chi connectivity index (χ1n) is 9.50.